The first-order chi connectivity index (χ1) is 9.61. The van der Waals surface area contributed by atoms with Gasteiger partial charge in [-0.25, -0.2) is 8.78 Å². The molecule has 20 heavy (non-hydrogen) atoms. The van der Waals surface area contributed by atoms with Crippen molar-refractivity contribution in [2.75, 3.05) is 26.7 Å². The normalized spacial score (nSPS) is 20.8. The summed E-state index contributed by atoms with van der Waals surface area (Å²) in [5.41, 5.74) is 6.86. The van der Waals surface area contributed by atoms with E-state index in [1.807, 2.05) is 7.05 Å². The first kappa shape index (κ1) is 15.4. The molecule has 0 aliphatic carbocycles. The van der Waals surface area contributed by atoms with Gasteiger partial charge in [-0.15, -0.1) is 0 Å². The number of nitrogens with two attached hydrogens (primary N) is 1. The van der Waals surface area contributed by atoms with Gasteiger partial charge < -0.3 is 10.5 Å². The average Bonchev–Trinajstić information content (AvgIpc) is 2.93. The first-order valence-electron chi connectivity index (χ1n) is 7.01. The molecule has 0 radical (unpaired) electrons. The van der Waals surface area contributed by atoms with Crippen molar-refractivity contribution >= 4 is 0 Å². The predicted octanol–water partition coefficient (Wildman–Crippen LogP) is 2.73. The number of nitrogens with zero attached hydrogens (tertiary/aromatic N) is 1. The van der Waals surface area contributed by atoms with Crippen molar-refractivity contribution in [2.45, 2.75) is 31.4 Å². The number of likely N-dealkylation sites (N-methyl/N-ethyl adjacent to an activating group) is 1. The molecule has 0 spiro atoms. The van der Waals surface area contributed by atoms with E-state index in [0.717, 1.165) is 31.6 Å². The van der Waals surface area contributed by atoms with Gasteiger partial charge in [0, 0.05) is 31.3 Å². The Hall–Kier alpha value is -1.04. The molecule has 2 atom stereocenters. The van der Waals surface area contributed by atoms with Crippen molar-refractivity contribution in [2.24, 2.45) is 5.73 Å². The summed E-state index contributed by atoms with van der Waals surface area (Å²) < 4.78 is 30.7. The van der Waals surface area contributed by atoms with Crippen LogP contribution in [0.5, 0.6) is 0 Å². The van der Waals surface area contributed by atoms with Crippen LogP contribution in [0.3, 0.4) is 0 Å². The van der Waals surface area contributed by atoms with Gasteiger partial charge >= 0.3 is 0 Å². The number of hydrogen-bond acceptors (Lipinski definition) is 3. The first-order valence-corrected chi connectivity index (χ1v) is 7.01. The van der Waals surface area contributed by atoms with Crippen LogP contribution >= 0.6 is 0 Å². The lowest BCUT2D eigenvalue weighted by Gasteiger charge is -2.29. The van der Waals surface area contributed by atoms with Crippen molar-refractivity contribution in [3.05, 3.63) is 35.4 Å². The molecule has 0 bridgehead atoms. The quantitative estimate of drug-likeness (QED) is 0.873. The molecule has 1 aliphatic rings. The summed E-state index contributed by atoms with van der Waals surface area (Å²) in [7, 11) is 2.00. The van der Waals surface area contributed by atoms with Crippen LogP contribution in [-0.4, -0.2) is 37.7 Å². The van der Waals surface area contributed by atoms with E-state index >= 15 is 0 Å². The molecule has 2 rings (SSSR count). The molecule has 3 nitrogen and oxygen atoms in total. The third-order valence-corrected chi connectivity index (χ3v) is 3.84. The highest BCUT2D eigenvalue weighted by atomic mass is 19.3. The van der Waals surface area contributed by atoms with Gasteiger partial charge in [0.25, 0.3) is 6.43 Å². The minimum Gasteiger partial charge on any atom is -0.377 e. The van der Waals surface area contributed by atoms with E-state index in [2.05, 4.69) is 4.90 Å². The molecular weight excluding hydrogens is 262 g/mol. The Morgan fingerprint density at radius 1 is 1.30 bits per heavy atom. The van der Waals surface area contributed by atoms with Crippen LogP contribution in [0.1, 0.15) is 36.4 Å². The van der Waals surface area contributed by atoms with Gasteiger partial charge in [0.15, 0.2) is 0 Å². The molecule has 1 aliphatic heterocycles. The molecule has 1 saturated heterocycles. The molecule has 0 aromatic heterocycles. The molecule has 1 aromatic carbocycles. The van der Waals surface area contributed by atoms with Gasteiger partial charge in [0.2, 0.25) is 0 Å². The molecule has 1 heterocycles. The van der Waals surface area contributed by atoms with Crippen LogP contribution in [0.15, 0.2) is 24.3 Å². The summed E-state index contributed by atoms with van der Waals surface area (Å²) in [6.45, 7) is 2.10. The maximum atomic E-state index is 12.6. The molecule has 0 amide bonds. The zero-order chi connectivity index (χ0) is 14.5. The Kier molecular flexibility index (Phi) is 5.46. The number of hydrogen-bond donors (Lipinski definition) is 1. The largest absolute Gasteiger partial charge is 0.377 e. The van der Waals surface area contributed by atoms with Crippen LogP contribution in [0.25, 0.3) is 0 Å². The molecular formula is C15H22F2N2O. The standard InChI is InChI=1S/C15H22F2N2O/c1-19(10-13-3-2-8-20-13)14(9-18)11-4-6-12(7-5-11)15(16)17/h4-7,13-15H,2-3,8-10,18H2,1H3. The van der Waals surface area contributed by atoms with E-state index < -0.39 is 6.43 Å². The lowest BCUT2D eigenvalue weighted by molar-refractivity contribution is 0.0689. The van der Waals surface area contributed by atoms with Gasteiger partial charge in [0.05, 0.1) is 6.10 Å². The van der Waals surface area contributed by atoms with Gasteiger partial charge in [-0.2, -0.15) is 0 Å². The van der Waals surface area contributed by atoms with Gasteiger partial charge in [-0.05, 0) is 25.5 Å². The highest BCUT2D eigenvalue weighted by Gasteiger charge is 2.22. The van der Waals surface area contributed by atoms with Crippen LogP contribution in [0.4, 0.5) is 8.78 Å². The second-order valence-electron chi connectivity index (χ2n) is 5.29. The summed E-state index contributed by atoms with van der Waals surface area (Å²) in [6.07, 6.45) is 0.0141. The topological polar surface area (TPSA) is 38.5 Å². The summed E-state index contributed by atoms with van der Waals surface area (Å²) in [6, 6.07) is 6.46. The smallest absolute Gasteiger partial charge is 0.263 e. The number of rotatable bonds is 6. The maximum absolute atomic E-state index is 12.6. The van der Waals surface area contributed by atoms with Crippen LogP contribution in [-0.2, 0) is 4.74 Å². The Labute approximate surface area is 118 Å². The summed E-state index contributed by atoms with van der Waals surface area (Å²) in [4.78, 5) is 2.15. The Morgan fingerprint density at radius 2 is 1.95 bits per heavy atom. The Morgan fingerprint density at radius 3 is 2.45 bits per heavy atom. The van der Waals surface area contributed by atoms with Crippen molar-refractivity contribution in [3.8, 4) is 0 Å². The van der Waals surface area contributed by atoms with Crippen LogP contribution in [0.2, 0.25) is 0 Å². The fourth-order valence-electron chi connectivity index (χ4n) is 2.67. The van der Waals surface area contributed by atoms with E-state index in [1.54, 1.807) is 12.1 Å². The third kappa shape index (κ3) is 3.75. The fourth-order valence-corrected chi connectivity index (χ4v) is 2.67. The van der Waals surface area contributed by atoms with Gasteiger partial charge in [-0.3, -0.25) is 4.90 Å². The van der Waals surface area contributed by atoms with Crippen molar-refractivity contribution in [3.63, 3.8) is 0 Å². The molecule has 2 unspecified atom stereocenters. The zero-order valence-corrected chi connectivity index (χ0v) is 11.8. The summed E-state index contributed by atoms with van der Waals surface area (Å²) in [5, 5.41) is 0. The average molecular weight is 284 g/mol. The molecule has 2 N–H and O–H groups in total. The third-order valence-electron chi connectivity index (χ3n) is 3.84. The lowest BCUT2D eigenvalue weighted by atomic mass is 10.0. The Balaban J connectivity index is 2.02. The molecule has 1 aromatic rings. The number of halogens is 2. The van der Waals surface area contributed by atoms with E-state index in [4.69, 9.17) is 10.5 Å². The summed E-state index contributed by atoms with van der Waals surface area (Å²) in [5.74, 6) is 0. The summed E-state index contributed by atoms with van der Waals surface area (Å²) >= 11 is 0. The fraction of sp³-hybridized carbons (Fsp3) is 0.600. The SMILES string of the molecule is CN(CC1CCCO1)C(CN)c1ccc(C(F)F)cc1. The van der Waals surface area contributed by atoms with E-state index in [-0.39, 0.29) is 17.7 Å². The minimum atomic E-state index is -2.43. The molecule has 112 valence electrons. The predicted molar refractivity (Wildman–Crippen MR) is 74.8 cm³/mol. The maximum Gasteiger partial charge on any atom is 0.263 e. The molecule has 0 saturated carbocycles. The van der Waals surface area contributed by atoms with E-state index in [9.17, 15) is 8.78 Å². The number of ether oxygens (including phenoxy) is 1. The second-order valence-corrected chi connectivity index (χ2v) is 5.29. The van der Waals surface area contributed by atoms with Crippen LogP contribution < -0.4 is 5.73 Å². The molecule has 1 fully saturated rings. The number of alkyl halides is 2. The van der Waals surface area contributed by atoms with Crippen molar-refractivity contribution in [1.82, 2.24) is 4.90 Å². The minimum absolute atomic E-state index is 0.0333. The van der Waals surface area contributed by atoms with Crippen LogP contribution in [0, 0.1) is 0 Å². The second kappa shape index (κ2) is 7.11. The molecule has 5 heteroatoms. The zero-order valence-electron chi connectivity index (χ0n) is 11.8. The Bertz CT molecular complexity index is 405. The van der Waals surface area contributed by atoms with Gasteiger partial charge in [0.1, 0.15) is 0 Å². The highest BCUT2D eigenvalue weighted by molar-refractivity contribution is 5.26. The van der Waals surface area contributed by atoms with E-state index in [1.165, 1.54) is 12.1 Å². The van der Waals surface area contributed by atoms with Crippen molar-refractivity contribution in [1.29, 1.82) is 0 Å². The van der Waals surface area contributed by atoms with Crippen molar-refractivity contribution < 1.29 is 13.5 Å². The monoisotopic (exact) mass is 284 g/mol. The number of benzene rings is 1. The van der Waals surface area contributed by atoms with Gasteiger partial charge in [-0.1, -0.05) is 24.3 Å². The highest BCUT2D eigenvalue weighted by Crippen LogP contribution is 2.24. The lowest BCUT2D eigenvalue weighted by Crippen LogP contribution is -2.36. The van der Waals surface area contributed by atoms with E-state index in [0.29, 0.717) is 6.54 Å².